The summed E-state index contributed by atoms with van der Waals surface area (Å²) in [5.41, 5.74) is -0.811. The van der Waals surface area contributed by atoms with Gasteiger partial charge in [0.15, 0.2) is 0 Å². The average molecular weight is 245 g/mol. The van der Waals surface area contributed by atoms with Gasteiger partial charge < -0.3 is 15.5 Å². The second kappa shape index (κ2) is 5.25. The molecule has 1 aromatic heterocycles. The molecular weight excluding hydrogens is 232 g/mol. The molecule has 0 atom stereocenters. The van der Waals surface area contributed by atoms with Crippen LogP contribution in [-0.2, 0) is 0 Å². The van der Waals surface area contributed by atoms with Crippen molar-refractivity contribution >= 4 is 17.5 Å². The molecule has 0 spiro atoms. The van der Waals surface area contributed by atoms with Crippen LogP contribution in [0.3, 0.4) is 0 Å². The summed E-state index contributed by atoms with van der Waals surface area (Å²) in [4.78, 5) is 15.5. The summed E-state index contributed by atoms with van der Waals surface area (Å²) in [5, 5.41) is 20.8. The first kappa shape index (κ1) is 12.9. The van der Waals surface area contributed by atoms with Crippen LogP contribution in [0.4, 0.5) is 0 Å². The van der Waals surface area contributed by atoms with Crippen LogP contribution < -0.4 is 5.32 Å². The molecule has 88 valence electrons. The average Bonchev–Trinajstić information content (AvgIpc) is 2.29. The van der Waals surface area contributed by atoms with Gasteiger partial charge in [0.05, 0.1) is 29.3 Å². The fourth-order valence-electron chi connectivity index (χ4n) is 1.03. The Bertz CT molecular complexity index is 380. The van der Waals surface area contributed by atoms with Gasteiger partial charge in [-0.2, -0.15) is 0 Å². The molecule has 0 aliphatic carbocycles. The highest BCUT2D eigenvalue weighted by Crippen LogP contribution is 2.14. The Morgan fingerprint density at radius 3 is 2.69 bits per heavy atom. The third-order valence-electron chi connectivity index (χ3n) is 2.13. The van der Waals surface area contributed by atoms with E-state index in [0.717, 1.165) is 0 Å². The molecule has 0 aliphatic rings. The van der Waals surface area contributed by atoms with Crippen molar-refractivity contribution in [1.82, 2.24) is 10.3 Å². The molecular formula is C10H13ClN2O3. The van der Waals surface area contributed by atoms with E-state index in [1.165, 1.54) is 25.4 Å². The van der Waals surface area contributed by atoms with E-state index >= 15 is 0 Å². The van der Waals surface area contributed by atoms with Gasteiger partial charge in [0.2, 0.25) is 0 Å². The number of halogens is 1. The molecule has 5 nitrogen and oxygen atoms in total. The van der Waals surface area contributed by atoms with E-state index in [1.807, 2.05) is 0 Å². The van der Waals surface area contributed by atoms with Gasteiger partial charge in [0.25, 0.3) is 5.91 Å². The van der Waals surface area contributed by atoms with Gasteiger partial charge in [0.1, 0.15) is 0 Å². The molecule has 1 rings (SSSR count). The summed E-state index contributed by atoms with van der Waals surface area (Å²) in [5.74, 6) is -0.460. The van der Waals surface area contributed by atoms with Gasteiger partial charge in [0, 0.05) is 12.4 Å². The summed E-state index contributed by atoms with van der Waals surface area (Å²) in [6, 6.07) is 1.47. The number of hydrogen-bond acceptors (Lipinski definition) is 4. The SMILES string of the molecule is CC(CO)(CO)NC(=O)c1ccncc1Cl. The number of aliphatic hydroxyl groups is 2. The van der Waals surface area contributed by atoms with Crippen molar-refractivity contribution in [3.8, 4) is 0 Å². The van der Waals surface area contributed by atoms with Crippen molar-refractivity contribution in [1.29, 1.82) is 0 Å². The number of pyridine rings is 1. The smallest absolute Gasteiger partial charge is 0.253 e. The Balaban J connectivity index is 2.84. The zero-order valence-electron chi connectivity index (χ0n) is 8.77. The van der Waals surface area contributed by atoms with Gasteiger partial charge >= 0.3 is 0 Å². The van der Waals surface area contributed by atoms with E-state index in [9.17, 15) is 4.79 Å². The molecule has 16 heavy (non-hydrogen) atoms. The normalized spacial score (nSPS) is 11.2. The Labute approximate surface area is 98.1 Å². The van der Waals surface area contributed by atoms with Crippen molar-refractivity contribution < 1.29 is 15.0 Å². The third kappa shape index (κ3) is 2.91. The highest BCUT2D eigenvalue weighted by atomic mass is 35.5. The van der Waals surface area contributed by atoms with Gasteiger partial charge in [-0.1, -0.05) is 11.6 Å². The Hall–Kier alpha value is -1.17. The Morgan fingerprint density at radius 2 is 2.19 bits per heavy atom. The molecule has 6 heteroatoms. The van der Waals surface area contributed by atoms with Crippen LogP contribution >= 0.6 is 11.6 Å². The van der Waals surface area contributed by atoms with E-state index in [4.69, 9.17) is 21.8 Å². The molecule has 0 saturated carbocycles. The number of aliphatic hydroxyl groups excluding tert-OH is 2. The third-order valence-corrected chi connectivity index (χ3v) is 2.43. The fraction of sp³-hybridized carbons (Fsp3) is 0.400. The number of aromatic nitrogens is 1. The predicted molar refractivity (Wildman–Crippen MR) is 59.3 cm³/mol. The van der Waals surface area contributed by atoms with Crippen molar-refractivity contribution in [3.05, 3.63) is 29.0 Å². The van der Waals surface area contributed by atoms with E-state index in [1.54, 1.807) is 0 Å². The van der Waals surface area contributed by atoms with Gasteiger partial charge in [-0.3, -0.25) is 9.78 Å². The van der Waals surface area contributed by atoms with Gasteiger partial charge in [-0.05, 0) is 13.0 Å². The summed E-state index contributed by atoms with van der Waals surface area (Å²) in [6.45, 7) is 0.801. The monoisotopic (exact) mass is 244 g/mol. The standard InChI is InChI=1S/C10H13ClN2O3/c1-10(5-14,6-15)13-9(16)7-2-3-12-4-8(7)11/h2-4,14-15H,5-6H2,1H3,(H,13,16). The second-order valence-corrected chi connectivity index (χ2v) is 4.09. The molecule has 3 N–H and O–H groups in total. The summed E-state index contributed by atoms with van der Waals surface area (Å²) in [7, 11) is 0. The van der Waals surface area contributed by atoms with Crippen LogP contribution in [0.5, 0.6) is 0 Å². The number of rotatable bonds is 4. The van der Waals surface area contributed by atoms with Gasteiger partial charge in [-0.25, -0.2) is 0 Å². The first-order chi connectivity index (χ1) is 7.52. The van der Waals surface area contributed by atoms with Crippen molar-refractivity contribution in [2.45, 2.75) is 12.5 Å². The molecule has 0 aliphatic heterocycles. The number of amides is 1. The number of nitrogens with zero attached hydrogens (tertiary/aromatic N) is 1. The van der Waals surface area contributed by atoms with Crippen molar-refractivity contribution in [2.24, 2.45) is 0 Å². The Kier molecular flexibility index (Phi) is 4.23. The van der Waals surface area contributed by atoms with E-state index in [2.05, 4.69) is 10.3 Å². The molecule has 0 fully saturated rings. The van der Waals surface area contributed by atoms with E-state index in [0.29, 0.717) is 0 Å². The predicted octanol–water partition coefficient (Wildman–Crippen LogP) is 0.208. The maximum absolute atomic E-state index is 11.8. The summed E-state index contributed by atoms with van der Waals surface area (Å²) in [6.07, 6.45) is 2.79. The second-order valence-electron chi connectivity index (χ2n) is 3.69. The number of carbonyl (C=O) groups excluding carboxylic acids is 1. The first-order valence-electron chi connectivity index (χ1n) is 4.66. The molecule has 0 aromatic carbocycles. The number of nitrogens with one attached hydrogen (secondary N) is 1. The van der Waals surface area contributed by atoms with Crippen LogP contribution in [0.25, 0.3) is 0 Å². The molecule has 0 radical (unpaired) electrons. The van der Waals surface area contributed by atoms with Crippen LogP contribution in [0.2, 0.25) is 5.02 Å². The Morgan fingerprint density at radius 1 is 1.56 bits per heavy atom. The van der Waals surface area contributed by atoms with Crippen molar-refractivity contribution in [2.75, 3.05) is 13.2 Å². The molecule has 1 heterocycles. The largest absolute Gasteiger partial charge is 0.394 e. The molecule has 0 saturated heterocycles. The minimum Gasteiger partial charge on any atom is -0.394 e. The molecule has 0 bridgehead atoms. The van der Waals surface area contributed by atoms with Crippen LogP contribution in [-0.4, -0.2) is 39.9 Å². The fourth-order valence-corrected chi connectivity index (χ4v) is 1.23. The van der Waals surface area contributed by atoms with Crippen LogP contribution in [0.1, 0.15) is 17.3 Å². The highest BCUT2D eigenvalue weighted by molar-refractivity contribution is 6.33. The maximum atomic E-state index is 11.8. The molecule has 0 unspecified atom stereocenters. The van der Waals surface area contributed by atoms with E-state index in [-0.39, 0.29) is 23.8 Å². The van der Waals surface area contributed by atoms with E-state index < -0.39 is 11.4 Å². The zero-order chi connectivity index (χ0) is 12.2. The quantitative estimate of drug-likeness (QED) is 0.707. The topological polar surface area (TPSA) is 82.5 Å². The number of hydrogen-bond donors (Lipinski definition) is 3. The molecule has 1 amide bonds. The summed E-state index contributed by atoms with van der Waals surface area (Å²) < 4.78 is 0. The lowest BCUT2D eigenvalue weighted by Gasteiger charge is -2.26. The maximum Gasteiger partial charge on any atom is 0.253 e. The molecule has 1 aromatic rings. The minimum absolute atomic E-state index is 0.221. The van der Waals surface area contributed by atoms with Crippen molar-refractivity contribution in [3.63, 3.8) is 0 Å². The lowest BCUT2D eigenvalue weighted by Crippen LogP contribution is -2.51. The highest BCUT2D eigenvalue weighted by Gasteiger charge is 2.25. The zero-order valence-corrected chi connectivity index (χ0v) is 9.53. The van der Waals surface area contributed by atoms with Crippen LogP contribution in [0.15, 0.2) is 18.5 Å². The van der Waals surface area contributed by atoms with Crippen LogP contribution in [0, 0.1) is 0 Å². The number of carbonyl (C=O) groups is 1. The van der Waals surface area contributed by atoms with Gasteiger partial charge in [-0.15, -0.1) is 0 Å². The lowest BCUT2D eigenvalue weighted by atomic mass is 10.0. The summed E-state index contributed by atoms with van der Waals surface area (Å²) >= 11 is 5.79. The first-order valence-corrected chi connectivity index (χ1v) is 5.04. The lowest BCUT2D eigenvalue weighted by molar-refractivity contribution is 0.0724. The minimum atomic E-state index is -1.07.